The van der Waals surface area contributed by atoms with E-state index in [-0.39, 0.29) is 18.1 Å². The number of pyridine rings is 1. The molecule has 9 heteroatoms. The van der Waals surface area contributed by atoms with Gasteiger partial charge in [0.2, 0.25) is 5.91 Å². The van der Waals surface area contributed by atoms with Gasteiger partial charge in [0, 0.05) is 42.0 Å². The van der Waals surface area contributed by atoms with E-state index in [2.05, 4.69) is 20.5 Å². The first-order valence-corrected chi connectivity index (χ1v) is 10.3. The molecule has 7 nitrogen and oxygen atoms in total. The first-order chi connectivity index (χ1) is 14.7. The summed E-state index contributed by atoms with van der Waals surface area (Å²) >= 11 is 1.47. The molecule has 30 heavy (non-hydrogen) atoms. The van der Waals surface area contributed by atoms with Crippen LogP contribution in [-0.2, 0) is 17.6 Å². The van der Waals surface area contributed by atoms with Crippen LogP contribution in [0.25, 0.3) is 21.9 Å². The van der Waals surface area contributed by atoms with E-state index >= 15 is 0 Å². The lowest BCUT2D eigenvalue weighted by Crippen LogP contribution is -2.28. The second-order valence-corrected chi connectivity index (χ2v) is 7.67. The third kappa shape index (κ3) is 3.55. The molecule has 150 valence electrons. The van der Waals surface area contributed by atoms with Crippen molar-refractivity contribution in [2.24, 2.45) is 0 Å². The van der Waals surface area contributed by atoms with Gasteiger partial charge in [-0.1, -0.05) is 6.07 Å². The number of hydrogen-bond acceptors (Lipinski definition) is 5. The molecule has 0 radical (unpaired) electrons. The molecule has 4 heterocycles. The van der Waals surface area contributed by atoms with Gasteiger partial charge in [-0.2, -0.15) is 0 Å². The lowest BCUT2D eigenvalue weighted by atomic mass is 10.2. The highest BCUT2D eigenvalue weighted by Gasteiger charge is 2.13. The molecule has 5 aromatic rings. The summed E-state index contributed by atoms with van der Waals surface area (Å²) in [4.78, 5) is 17.8. The first-order valence-electron chi connectivity index (χ1n) is 9.44. The fourth-order valence-electron chi connectivity index (χ4n) is 3.32. The van der Waals surface area contributed by atoms with E-state index in [1.807, 2.05) is 44.8 Å². The van der Waals surface area contributed by atoms with Gasteiger partial charge in [-0.25, -0.2) is 9.37 Å². The number of carbonyl (C=O) groups excluding carboxylic acids is 1. The summed E-state index contributed by atoms with van der Waals surface area (Å²) in [7, 11) is 0. The normalized spacial score (nSPS) is 11.4. The Hall–Kier alpha value is -3.59. The zero-order valence-electron chi connectivity index (χ0n) is 15.8. The Bertz CT molecular complexity index is 1340. The third-order valence-electron chi connectivity index (χ3n) is 4.82. The highest BCUT2D eigenvalue weighted by atomic mass is 32.1. The number of nitrogens with one attached hydrogen (secondary N) is 1. The van der Waals surface area contributed by atoms with Gasteiger partial charge in [-0.15, -0.1) is 21.5 Å². The smallest absolute Gasteiger partial charge is 0.225 e. The number of benzene rings is 1. The van der Waals surface area contributed by atoms with Crippen molar-refractivity contribution >= 4 is 27.9 Å². The van der Waals surface area contributed by atoms with Gasteiger partial charge in [-0.05, 0) is 36.4 Å². The van der Waals surface area contributed by atoms with E-state index in [9.17, 15) is 9.18 Å². The van der Waals surface area contributed by atoms with Crippen LogP contribution in [0, 0.1) is 5.82 Å². The molecule has 0 bridgehead atoms. The maximum Gasteiger partial charge on any atom is 0.225 e. The molecule has 1 aromatic carbocycles. The second-order valence-electron chi connectivity index (χ2n) is 6.83. The molecule has 0 unspecified atom stereocenters. The number of fused-ring (bicyclic) bond motifs is 2. The van der Waals surface area contributed by atoms with E-state index in [4.69, 9.17) is 0 Å². The van der Waals surface area contributed by atoms with E-state index < -0.39 is 0 Å². The number of nitrogens with zero attached hydrogens (tertiary/aromatic N) is 5. The monoisotopic (exact) mass is 420 g/mol. The minimum atomic E-state index is -0.281. The van der Waals surface area contributed by atoms with Crippen LogP contribution in [0.2, 0.25) is 0 Å². The van der Waals surface area contributed by atoms with Crippen LogP contribution in [-0.4, -0.2) is 36.4 Å². The average molecular weight is 420 g/mol. The van der Waals surface area contributed by atoms with Crippen molar-refractivity contribution in [1.82, 2.24) is 29.3 Å². The Morgan fingerprint density at radius 3 is 2.83 bits per heavy atom. The highest BCUT2D eigenvalue weighted by Crippen LogP contribution is 2.24. The molecular weight excluding hydrogens is 403 g/mol. The molecular formula is C21H17FN6OS. The molecule has 0 aliphatic carbocycles. The van der Waals surface area contributed by atoms with Crippen LogP contribution < -0.4 is 5.32 Å². The molecule has 4 aromatic heterocycles. The number of thiazole rings is 1. The lowest BCUT2D eigenvalue weighted by molar-refractivity contribution is -0.120. The number of hydrogen-bond donors (Lipinski definition) is 1. The standard InChI is InChI=1S/C21H17FN6OS/c22-15-6-4-14(5-7-15)17-12-28-16(13-30-21(28)24-17)11-20(29)23-9-8-19-26-25-18-3-1-2-10-27(18)19/h1-7,10,12-13H,8-9,11H2,(H,23,29). The SMILES string of the molecule is O=C(Cc1csc2nc(-c3ccc(F)cc3)cn12)NCCc1nnc2ccccn12. The second kappa shape index (κ2) is 7.68. The molecule has 0 spiro atoms. The quantitative estimate of drug-likeness (QED) is 0.458. The Balaban J connectivity index is 1.24. The van der Waals surface area contributed by atoms with Crippen LogP contribution in [0.5, 0.6) is 0 Å². The molecule has 0 saturated carbocycles. The fraction of sp³-hybridized carbons (Fsp3) is 0.143. The molecule has 1 amide bonds. The van der Waals surface area contributed by atoms with Gasteiger partial charge >= 0.3 is 0 Å². The Morgan fingerprint density at radius 2 is 1.97 bits per heavy atom. The summed E-state index contributed by atoms with van der Waals surface area (Å²) in [5.74, 6) is 0.458. The largest absolute Gasteiger partial charge is 0.355 e. The maximum absolute atomic E-state index is 13.1. The van der Waals surface area contributed by atoms with Crippen molar-refractivity contribution in [3.8, 4) is 11.3 Å². The fourth-order valence-corrected chi connectivity index (χ4v) is 4.19. The Kier molecular flexibility index (Phi) is 4.72. The average Bonchev–Trinajstić information content (AvgIpc) is 3.45. The zero-order chi connectivity index (χ0) is 20.5. The topological polar surface area (TPSA) is 76.6 Å². The Morgan fingerprint density at radius 1 is 1.10 bits per heavy atom. The number of imidazole rings is 1. The minimum absolute atomic E-state index is 0.0689. The summed E-state index contributed by atoms with van der Waals surface area (Å²) < 4.78 is 17.0. The lowest BCUT2D eigenvalue weighted by Gasteiger charge is -2.04. The van der Waals surface area contributed by atoms with Crippen molar-refractivity contribution in [3.05, 3.63) is 77.6 Å². The predicted octanol–water partition coefficient (Wildman–Crippen LogP) is 3.15. The van der Waals surface area contributed by atoms with Crippen LogP contribution in [0.3, 0.4) is 0 Å². The molecule has 0 atom stereocenters. The number of aromatic nitrogens is 5. The van der Waals surface area contributed by atoms with E-state index in [0.717, 1.165) is 33.4 Å². The summed E-state index contributed by atoms with van der Waals surface area (Å²) in [5.41, 5.74) is 3.24. The van der Waals surface area contributed by atoms with Gasteiger partial charge in [0.25, 0.3) is 0 Å². The van der Waals surface area contributed by atoms with Gasteiger partial charge < -0.3 is 5.32 Å². The summed E-state index contributed by atoms with van der Waals surface area (Å²) in [6, 6.07) is 11.9. The molecule has 5 rings (SSSR count). The molecule has 0 aliphatic rings. The van der Waals surface area contributed by atoms with E-state index in [1.54, 1.807) is 12.1 Å². The predicted molar refractivity (Wildman–Crippen MR) is 112 cm³/mol. The highest BCUT2D eigenvalue weighted by molar-refractivity contribution is 7.15. The third-order valence-corrected chi connectivity index (χ3v) is 5.71. The Labute approximate surface area is 174 Å². The number of halogens is 1. The van der Waals surface area contributed by atoms with Crippen LogP contribution in [0.15, 0.2) is 60.2 Å². The number of rotatable bonds is 6. The van der Waals surface area contributed by atoms with Crippen LogP contribution in [0.4, 0.5) is 4.39 Å². The van der Waals surface area contributed by atoms with Crippen molar-refractivity contribution in [3.63, 3.8) is 0 Å². The number of carbonyl (C=O) groups is 1. The zero-order valence-corrected chi connectivity index (χ0v) is 16.6. The van der Waals surface area contributed by atoms with E-state index in [0.29, 0.717) is 13.0 Å². The summed E-state index contributed by atoms with van der Waals surface area (Å²) in [6.45, 7) is 0.479. The summed E-state index contributed by atoms with van der Waals surface area (Å²) in [6.07, 6.45) is 4.63. The maximum atomic E-state index is 13.1. The van der Waals surface area contributed by atoms with Gasteiger partial charge in [0.1, 0.15) is 11.6 Å². The van der Waals surface area contributed by atoms with Crippen molar-refractivity contribution in [2.75, 3.05) is 6.54 Å². The summed E-state index contributed by atoms with van der Waals surface area (Å²) in [5, 5.41) is 13.2. The van der Waals surface area contributed by atoms with Crippen molar-refractivity contribution in [2.45, 2.75) is 12.8 Å². The minimum Gasteiger partial charge on any atom is -0.355 e. The number of amides is 1. The van der Waals surface area contributed by atoms with Gasteiger partial charge in [-0.3, -0.25) is 13.6 Å². The van der Waals surface area contributed by atoms with Gasteiger partial charge in [0.05, 0.1) is 12.1 Å². The molecule has 0 saturated heterocycles. The molecule has 1 N–H and O–H groups in total. The van der Waals surface area contributed by atoms with E-state index in [1.165, 1.54) is 23.5 Å². The van der Waals surface area contributed by atoms with Gasteiger partial charge in [0.15, 0.2) is 10.6 Å². The molecule has 0 fully saturated rings. The van der Waals surface area contributed by atoms with Crippen molar-refractivity contribution < 1.29 is 9.18 Å². The first kappa shape index (κ1) is 18.4. The van der Waals surface area contributed by atoms with Crippen molar-refractivity contribution in [1.29, 1.82) is 0 Å². The van der Waals surface area contributed by atoms with Crippen LogP contribution in [0.1, 0.15) is 11.5 Å². The molecule has 0 aliphatic heterocycles. The van der Waals surface area contributed by atoms with Crippen LogP contribution >= 0.6 is 11.3 Å².